The van der Waals surface area contributed by atoms with Crippen LogP contribution in [0.3, 0.4) is 0 Å². The van der Waals surface area contributed by atoms with Crippen molar-refractivity contribution in [2.24, 2.45) is 0 Å². The molecule has 37 heavy (non-hydrogen) atoms. The number of hydrogen-bond donors (Lipinski definition) is 2. The Morgan fingerprint density at radius 3 is 1.08 bits per heavy atom. The smallest absolute Gasteiger partial charge is 0.545 e. The summed E-state index contributed by atoms with van der Waals surface area (Å²) in [7, 11) is 0. The van der Waals surface area contributed by atoms with E-state index in [1.165, 1.54) is 0 Å². The van der Waals surface area contributed by atoms with E-state index in [0.717, 1.165) is 48.5 Å². The summed E-state index contributed by atoms with van der Waals surface area (Å²) in [6.45, 7) is 0. The Morgan fingerprint density at radius 2 is 0.946 bits per heavy atom. The number of aromatic amines is 2. The SMILES string of the molecule is O=C([O-])c1ccc([N+](=O)[O-])cc1.O=C([O-])c1ccc([N+](=O)[O-])cc1.[Ni+2].[OH3+].[OH3+].c1c[nH]cn1.c1c[nH]cn1. The van der Waals surface area contributed by atoms with Crippen molar-refractivity contribution in [3.05, 3.63) is 117 Å². The van der Waals surface area contributed by atoms with Gasteiger partial charge in [0.15, 0.2) is 0 Å². The molecule has 2 aromatic heterocycles. The molecular formula is C20H22N6NiO10+2. The summed E-state index contributed by atoms with van der Waals surface area (Å²) in [6.07, 6.45) is 10.2. The first-order valence-electron chi connectivity index (χ1n) is 8.99. The molecular weight excluding hydrogens is 543 g/mol. The van der Waals surface area contributed by atoms with Gasteiger partial charge in [-0.1, -0.05) is 0 Å². The maximum atomic E-state index is 10.2. The second-order valence-electron chi connectivity index (χ2n) is 5.70. The number of carbonyl (C=O) groups is 2. The molecule has 0 saturated carbocycles. The van der Waals surface area contributed by atoms with Crippen LogP contribution in [0.25, 0.3) is 0 Å². The third-order valence-corrected chi connectivity index (χ3v) is 3.44. The van der Waals surface area contributed by atoms with E-state index in [1.807, 2.05) is 0 Å². The number of H-pyrrole nitrogens is 2. The molecule has 8 N–H and O–H groups in total. The molecule has 17 heteroatoms. The van der Waals surface area contributed by atoms with Gasteiger partial charge in [0.2, 0.25) is 0 Å². The van der Waals surface area contributed by atoms with Crippen LogP contribution in [0.4, 0.5) is 11.4 Å². The number of carboxylic acids is 2. The predicted octanol–water partition coefficient (Wildman–Crippen LogP) is -1.11. The number of imidazole rings is 2. The van der Waals surface area contributed by atoms with E-state index >= 15 is 0 Å². The molecule has 0 radical (unpaired) electrons. The molecule has 0 spiro atoms. The number of hydrogen-bond acceptors (Lipinski definition) is 10. The van der Waals surface area contributed by atoms with Gasteiger partial charge in [-0.3, -0.25) is 20.2 Å². The van der Waals surface area contributed by atoms with Crippen LogP contribution in [0.5, 0.6) is 0 Å². The molecule has 4 aromatic rings. The summed E-state index contributed by atoms with van der Waals surface area (Å²) >= 11 is 0. The molecule has 0 saturated heterocycles. The van der Waals surface area contributed by atoms with Gasteiger partial charge in [0.1, 0.15) is 0 Å². The van der Waals surface area contributed by atoms with Crippen molar-refractivity contribution in [2.75, 3.05) is 0 Å². The standard InChI is InChI=1S/2C7H5NO4.2C3H4N2.Ni.2H2O/c2*9-7(10)5-1-3-6(4-2-5)8(11)12;2*1-2-5-3-4-1;;;/h2*1-4H,(H,9,10);2*1-3H,(H,4,5);;2*1H2/q;;;;+2;;. The number of aromatic carboxylic acids is 2. The van der Waals surface area contributed by atoms with Crippen molar-refractivity contribution in [2.45, 2.75) is 0 Å². The fourth-order valence-corrected chi connectivity index (χ4v) is 1.87. The number of carbonyl (C=O) groups excluding carboxylic acids is 2. The Labute approximate surface area is 217 Å². The van der Waals surface area contributed by atoms with Crippen LogP contribution in [0.2, 0.25) is 0 Å². The maximum absolute atomic E-state index is 10.2. The van der Waals surface area contributed by atoms with E-state index in [4.69, 9.17) is 0 Å². The molecule has 0 bridgehead atoms. The number of nitrogens with zero attached hydrogens (tertiary/aromatic N) is 4. The second-order valence-corrected chi connectivity index (χ2v) is 5.70. The van der Waals surface area contributed by atoms with Crippen LogP contribution < -0.4 is 10.2 Å². The largest absolute Gasteiger partial charge is 2.00 e. The van der Waals surface area contributed by atoms with Gasteiger partial charge >= 0.3 is 16.5 Å². The van der Waals surface area contributed by atoms with Crippen LogP contribution in [0.1, 0.15) is 20.7 Å². The van der Waals surface area contributed by atoms with Crippen LogP contribution >= 0.6 is 0 Å². The Balaban J connectivity index is -0.000000433. The monoisotopic (exact) mass is 564 g/mol. The fourth-order valence-electron chi connectivity index (χ4n) is 1.87. The Hall–Kier alpha value is -4.99. The number of nitro benzene ring substituents is 2. The first kappa shape index (κ1) is 36.6. The Morgan fingerprint density at radius 1 is 0.649 bits per heavy atom. The van der Waals surface area contributed by atoms with Crippen molar-refractivity contribution in [3.8, 4) is 0 Å². The van der Waals surface area contributed by atoms with Gasteiger partial charge in [-0.05, 0) is 35.4 Å². The van der Waals surface area contributed by atoms with Crippen molar-refractivity contribution < 1.29 is 57.1 Å². The minimum absolute atomic E-state index is 0. The van der Waals surface area contributed by atoms with Crippen LogP contribution in [0, 0.1) is 20.2 Å². The zero-order valence-corrected chi connectivity index (χ0v) is 19.6. The molecule has 4 rings (SSSR count). The summed E-state index contributed by atoms with van der Waals surface area (Å²) < 4.78 is 0. The third kappa shape index (κ3) is 15.5. The van der Waals surface area contributed by atoms with E-state index < -0.39 is 21.8 Å². The summed E-state index contributed by atoms with van der Waals surface area (Å²) in [5.74, 6) is -2.69. The number of nitro groups is 2. The molecule has 0 unspecified atom stereocenters. The zero-order valence-electron chi connectivity index (χ0n) is 18.6. The summed E-state index contributed by atoms with van der Waals surface area (Å²) in [5.41, 5.74) is -0.416. The van der Waals surface area contributed by atoms with Gasteiger partial charge in [0.05, 0.1) is 34.4 Å². The van der Waals surface area contributed by atoms with Crippen molar-refractivity contribution in [3.63, 3.8) is 0 Å². The molecule has 0 atom stereocenters. The molecule has 0 amide bonds. The number of nitrogens with one attached hydrogen (secondary N) is 2. The number of aromatic nitrogens is 4. The van der Waals surface area contributed by atoms with Crippen molar-refractivity contribution in [1.29, 1.82) is 0 Å². The Bertz CT molecular complexity index is 961. The topological polar surface area (TPSA) is 290 Å². The van der Waals surface area contributed by atoms with Crippen molar-refractivity contribution in [1.82, 2.24) is 19.9 Å². The molecule has 16 nitrogen and oxygen atoms in total. The minimum atomic E-state index is -1.34. The van der Waals surface area contributed by atoms with E-state index in [2.05, 4.69) is 19.9 Å². The second kappa shape index (κ2) is 20.4. The summed E-state index contributed by atoms with van der Waals surface area (Å²) in [4.78, 5) is 52.3. The normalized spacial score (nSPS) is 8.22. The van der Waals surface area contributed by atoms with E-state index in [-0.39, 0.29) is 49.9 Å². The number of non-ortho nitro benzene ring substituents is 2. The van der Waals surface area contributed by atoms with E-state index in [1.54, 1.807) is 37.4 Å². The van der Waals surface area contributed by atoms with Gasteiger partial charge in [0, 0.05) is 49.1 Å². The molecule has 0 aliphatic rings. The third-order valence-electron chi connectivity index (χ3n) is 3.44. The maximum Gasteiger partial charge on any atom is 2.00 e. The van der Waals surface area contributed by atoms with Crippen LogP contribution in [0.15, 0.2) is 86.0 Å². The number of carboxylic acid groups (broad SMARTS) is 2. The van der Waals surface area contributed by atoms with Gasteiger partial charge in [0.25, 0.3) is 11.4 Å². The molecule has 0 aliphatic carbocycles. The van der Waals surface area contributed by atoms with Gasteiger partial charge < -0.3 is 40.7 Å². The van der Waals surface area contributed by atoms with Crippen LogP contribution in [-0.2, 0) is 27.4 Å². The number of benzene rings is 2. The molecule has 0 fully saturated rings. The van der Waals surface area contributed by atoms with Gasteiger partial charge in [-0.25, -0.2) is 9.97 Å². The minimum Gasteiger partial charge on any atom is -0.545 e. The summed E-state index contributed by atoms with van der Waals surface area (Å²) in [5, 5.41) is 40.7. The first-order valence-corrected chi connectivity index (χ1v) is 8.99. The van der Waals surface area contributed by atoms with Gasteiger partial charge in [-0.2, -0.15) is 0 Å². The van der Waals surface area contributed by atoms with Crippen molar-refractivity contribution >= 4 is 23.3 Å². The van der Waals surface area contributed by atoms with Crippen LogP contribution in [-0.4, -0.2) is 41.7 Å². The van der Waals surface area contributed by atoms with Gasteiger partial charge in [-0.15, -0.1) is 0 Å². The summed E-state index contributed by atoms with van der Waals surface area (Å²) in [6, 6.07) is 8.99. The number of rotatable bonds is 4. The zero-order chi connectivity index (χ0) is 25.3. The predicted molar refractivity (Wildman–Crippen MR) is 122 cm³/mol. The first-order chi connectivity index (χ1) is 16.2. The Kier molecular flexibility index (Phi) is 20.2. The molecule has 2 heterocycles. The molecule has 2 aromatic carbocycles. The average Bonchev–Trinajstić information content (AvgIpc) is 3.59. The van der Waals surface area contributed by atoms with E-state index in [0.29, 0.717) is 0 Å². The average molecular weight is 565 g/mol. The van der Waals surface area contributed by atoms with E-state index in [9.17, 15) is 40.0 Å². The quantitative estimate of drug-likeness (QED) is 0.130. The molecule has 0 aliphatic heterocycles. The molecule has 200 valence electrons. The fraction of sp³-hybridized carbons (Fsp3) is 0.